The van der Waals surface area contributed by atoms with Crippen LogP contribution in [0, 0.1) is 6.92 Å². The SMILES string of the molecule is Cc1cccc2c3ccccc3c3nc4cc5c(cc4n3c12)C(C)(C)CCC5(C)C. The number of benzene rings is 3. The van der Waals surface area contributed by atoms with Gasteiger partial charge in [-0.3, -0.25) is 4.40 Å². The topological polar surface area (TPSA) is 17.3 Å². The van der Waals surface area contributed by atoms with Crippen molar-refractivity contribution in [3.63, 3.8) is 0 Å². The van der Waals surface area contributed by atoms with Gasteiger partial charge in [-0.05, 0) is 64.8 Å². The van der Waals surface area contributed by atoms with Gasteiger partial charge in [0.05, 0.1) is 16.6 Å². The summed E-state index contributed by atoms with van der Waals surface area (Å²) in [6.07, 6.45) is 2.44. The van der Waals surface area contributed by atoms with Crippen LogP contribution < -0.4 is 0 Å². The minimum Gasteiger partial charge on any atom is -0.291 e. The van der Waals surface area contributed by atoms with E-state index in [9.17, 15) is 0 Å². The molecule has 5 aromatic rings. The van der Waals surface area contributed by atoms with Crippen LogP contribution in [0.5, 0.6) is 0 Å². The van der Waals surface area contributed by atoms with Crippen molar-refractivity contribution in [2.45, 2.75) is 58.3 Å². The first-order valence-electron chi connectivity index (χ1n) is 11.1. The molecule has 0 radical (unpaired) electrons. The lowest BCUT2D eigenvalue weighted by atomic mass is 9.63. The van der Waals surface area contributed by atoms with Crippen LogP contribution in [0.25, 0.3) is 38.4 Å². The summed E-state index contributed by atoms with van der Waals surface area (Å²) in [6, 6.07) is 20.2. The fourth-order valence-corrected chi connectivity index (χ4v) is 5.63. The molecule has 3 aromatic carbocycles. The maximum atomic E-state index is 5.22. The van der Waals surface area contributed by atoms with Crippen molar-refractivity contribution in [2.24, 2.45) is 0 Å². The third-order valence-electron chi connectivity index (χ3n) is 7.55. The van der Waals surface area contributed by atoms with E-state index in [-0.39, 0.29) is 10.8 Å². The first-order valence-corrected chi connectivity index (χ1v) is 11.1. The van der Waals surface area contributed by atoms with Crippen LogP contribution in [0.15, 0.2) is 54.6 Å². The van der Waals surface area contributed by atoms with Crippen molar-refractivity contribution in [3.05, 3.63) is 71.3 Å². The number of imidazole rings is 1. The molecule has 1 aliphatic rings. The monoisotopic (exact) mass is 392 g/mol. The molecule has 150 valence electrons. The van der Waals surface area contributed by atoms with Crippen LogP contribution in [0.1, 0.15) is 57.2 Å². The second-order valence-corrected chi connectivity index (χ2v) is 10.4. The molecule has 0 saturated carbocycles. The number of aryl methyl sites for hydroxylation is 1. The van der Waals surface area contributed by atoms with Gasteiger partial charge in [-0.15, -0.1) is 0 Å². The van der Waals surface area contributed by atoms with Gasteiger partial charge in [0.25, 0.3) is 0 Å². The molecular formula is C28H28N2. The molecule has 2 heteroatoms. The molecular weight excluding hydrogens is 364 g/mol. The molecule has 2 aromatic heterocycles. The van der Waals surface area contributed by atoms with Gasteiger partial charge in [0.15, 0.2) is 0 Å². The number of hydrogen-bond donors (Lipinski definition) is 0. The van der Waals surface area contributed by atoms with Gasteiger partial charge in [-0.25, -0.2) is 4.98 Å². The molecule has 2 nitrogen and oxygen atoms in total. The standard InChI is InChI=1S/C28H28N2/c1-17-9-8-12-19-18-10-6-7-11-20(18)26-29-23-15-21-22(16-24(23)30(26)25(17)19)28(4,5)14-13-27(21,2)3/h6-12,15-16H,13-14H2,1-5H3. The Morgan fingerprint density at radius 1 is 0.767 bits per heavy atom. The van der Waals surface area contributed by atoms with Crippen LogP contribution in [-0.4, -0.2) is 9.38 Å². The predicted octanol–water partition coefficient (Wildman–Crippen LogP) is 7.45. The van der Waals surface area contributed by atoms with Crippen LogP contribution in [-0.2, 0) is 10.8 Å². The third kappa shape index (κ3) is 2.22. The third-order valence-corrected chi connectivity index (χ3v) is 7.55. The molecule has 0 amide bonds. The zero-order valence-corrected chi connectivity index (χ0v) is 18.5. The zero-order chi connectivity index (χ0) is 20.8. The van der Waals surface area contributed by atoms with E-state index in [2.05, 4.69) is 93.6 Å². The van der Waals surface area contributed by atoms with Crippen LogP contribution >= 0.6 is 0 Å². The van der Waals surface area contributed by atoms with E-state index in [1.807, 2.05) is 0 Å². The van der Waals surface area contributed by atoms with E-state index in [0.29, 0.717) is 0 Å². The highest BCUT2D eigenvalue weighted by atomic mass is 15.0. The Labute approximate surface area is 177 Å². The maximum Gasteiger partial charge on any atom is 0.146 e. The number of aromatic nitrogens is 2. The molecule has 0 saturated heterocycles. The van der Waals surface area contributed by atoms with Gasteiger partial charge >= 0.3 is 0 Å². The highest BCUT2D eigenvalue weighted by Crippen LogP contribution is 2.47. The average molecular weight is 393 g/mol. The van der Waals surface area contributed by atoms with Crippen molar-refractivity contribution in [1.82, 2.24) is 9.38 Å². The largest absolute Gasteiger partial charge is 0.291 e. The van der Waals surface area contributed by atoms with Gasteiger partial charge in [0.2, 0.25) is 0 Å². The molecule has 0 aliphatic heterocycles. The van der Waals surface area contributed by atoms with Crippen LogP contribution in [0.4, 0.5) is 0 Å². The summed E-state index contributed by atoms with van der Waals surface area (Å²) in [5, 5.41) is 3.81. The molecule has 0 N–H and O–H groups in total. The number of fused-ring (bicyclic) bond motifs is 9. The Morgan fingerprint density at radius 3 is 2.13 bits per heavy atom. The van der Waals surface area contributed by atoms with E-state index < -0.39 is 0 Å². The minimum atomic E-state index is 0.185. The summed E-state index contributed by atoms with van der Waals surface area (Å²) < 4.78 is 2.42. The summed E-state index contributed by atoms with van der Waals surface area (Å²) in [7, 11) is 0. The predicted molar refractivity (Wildman–Crippen MR) is 128 cm³/mol. The molecule has 30 heavy (non-hydrogen) atoms. The number of rotatable bonds is 0. The molecule has 0 atom stereocenters. The Kier molecular flexibility index (Phi) is 3.37. The molecule has 0 unspecified atom stereocenters. The van der Waals surface area contributed by atoms with E-state index in [0.717, 1.165) is 11.2 Å². The second-order valence-electron chi connectivity index (χ2n) is 10.4. The van der Waals surface area contributed by atoms with E-state index in [1.54, 1.807) is 0 Å². The fraction of sp³-hybridized carbons (Fsp3) is 0.321. The quantitative estimate of drug-likeness (QED) is 0.250. The summed E-state index contributed by atoms with van der Waals surface area (Å²) in [4.78, 5) is 5.22. The van der Waals surface area contributed by atoms with Crippen LogP contribution in [0.3, 0.4) is 0 Å². The van der Waals surface area contributed by atoms with E-state index in [4.69, 9.17) is 4.98 Å². The van der Waals surface area contributed by atoms with Gasteiger partial charge in [-0.1, -0.05) is 70.2 Å². The van der Waals surface area contributed by atoms with Gasteiger partial charge in [0.1, 0.15) is 5.65 Å². The van der Waals surface area contributed by atoms with Crippen molar-refractivity contribution in [1.29, 1.82) is 0 Å². The zero-order valence-electron chi connectivity index (χ0n) is 18.5. The molecule has 1 aliphatic carbocycles. The molecule has 2 heterocycles. The van der Waals surface area contributed by atoms with Crippen molar-refractivity contribution < 1.29 is 0 Å². The first-order chi connectivity index (χ1) is 14.3. The van der Waals surface area contributed by atoms with Gasteiger partial charge < -0.3 is 0 Å². The van der Waals surface area contributed by atoms with Crippen molar-refractivity contribution in [3.8, 4) is 0 Å². The van der Waals surface area contributed by atoms with Crippen molar-refractivity contribution >= 4 is 38.4 Å². The van der Waals surface area contributed by atoms with Gasteiger partial charge in [-0.2, -0.15) is 0 Å². The number of nitrogens with zero attached hydrogens (tertiary/aromatic N) is 2. The number of para-hydroxylation sites is 1. The molecule has 0 spiro atoms. The van der Waals surface area contributed by atoms with E-state index >= 15 is 0 Å². The lowest BCUT2D eigenvalue weighted by molar-refractivity contribution is 0.332. The Bertz CT molecular complexity index is 1500. The highest BCUT2D eigenvalue weighted by Gasteiger charge is 2.37. The van der Waals surface area contributed by atoms with Gasteiger partial charge in [0, 0.05) is 10.8 Å². The first kappa shape index (κ1) is 17.9. The molecule has 0 fully saturated rings. The number of pyridine rings is 1. The Morgan fingerprint density at radius 2 is 1.40 bits per heavy atom. The summed E-state index contributed by atoms with van der Waals surface area (Å²) in [5.41, 5.74) is 9.32. The minimum absolute atomic E-state index is 0.185. The fourth-order valence-electron chi connectivity index (χ4n) is 5.63. The highest BCUT2D eigenvalue weighted by molar-refractivity contribution is 6.14. The Hall–Kier alpha value is -2.87. The average Bonchev–Trinajstić information content (AvgIpc) is 3.10. The van der Waals surface area contributed by atoms with Crippen LogP contribution in [0.2, 0.25) is 0 Å². The second kappa shape index (κ2) is 5.63. The summed E-state index contributed by atoms with van der Waals surface area (Å²) >= 11 is 0. The molecule has 6 rings (SSSR count). The molecule has 0 bridgehead atoms. The maximum absolute atomic E-state index is 5.22. The number of hydrogen-bond acceptors (Lipinski definition) is 1. The lowest BCUT2D eigenvalue weighted by Gasteiger charge is -2.41. The summed E-state index contributed by atoms with van der Waals surface area (Å²) in [5.74, 6) is 0. The van der Waals surface area contributed by atoms with Crippen molar-refractivity contribution in [2.75, 3.05) is 0 Å². The lowest BCUT2D eigenvalue weighted by Crippen LogP contribution is -2.33. The smallest absolute Gasteiger partial charge is 0.146 e. The Balaban J connectivity index is 1.89. The normalized spacial score (nSPS) is 17.8. The van der Waals surface area contributed by atoms with E-state index in [1.165, 1.54) is 56.7 Å². The summed E-state index contributed by atoms with van der Waals surface area (Å²) in [6.45, 7) is 11.8.